The average Bonchev–Trinajstić information content (AvgIpc) is 3.17. The van der Waals surface area contributed by atoms with Gasteiger partial charge >= 0.3 is 6.18 Å². The van der Waals surface area contributed by atoms with Crippen LogP contribution >= 0.6 is 0 Å². The van der Waals surface area contributed by atoms with Crippen LogP contribution in [-0.4, -0.2) is 9.13 Å². The van der Waals surface area contributed by atoms with E-state index in [1.807, 2.05) is 0 Å². The molecule has 33 heavy (non-hydrogen) atoms. The van der Waals surface area contributed by atoms with E-state index in [1.165, 1.54) is 12.1 Å². The first-order valence-corrected chi connectivity index (χ1v) is 9.46. The molecule has 0 amide bonds. The molecule has 164 valence electrons. The first-order valence-electron chi connectivity index (χ1n) is 9.46. The maximum atomic E-state index is 13.2. The van der Waals surface area contributed by atoms with Gasteiger partial charge in [0.05, 0.1) is 38.5 Å². The van der Waals surface area contributed by atoms with Gasteiger partial charge in [0.15, 0.2) is 0 Å². The summed E-state index contributed by atoms with van der Waals surface area (Å²) in [6.45, 7) is 0. The normalized spacial score (nSPS) is 12.1. The fourth-order valence-corrected chi connectivity index (χ4v) is 3.83. The molecule has 5 rings (SSSR count). The van der Waals surface area contributed by atoms with Gasteiger partial charge in [-0.15, -0.1) is 0 Å². The fraction of sp³-hybridized carbons (Fsp3) is 0.0435. The van der Waals surface area contributed by atoms with Crippen molar-refractivity contribution in [3.8, 4) is 11.4 Å². The van der Waals surface area contributed by atoms with Gasteiger partial charge in [-0.3, -0.25) is 19.2 Å². The van der Waals surface area contributed by atoms with Crippen molar-refractivity contribution in [2.24, 2.45) is 0 Å². The Kier molecular flexibility index (Phi) is 4.25. The minimum absolute atomic E-state index is 0.0834. The predicted octanol–water partition coefficient (Wildman–Crippen LogP) is 3.05. The summed E-state index contributed by atoms with van der Waals surface area (Å²) in [6.07, 6.45) is -4.58. The molecule has 0 aliphatic heterocycles. The van der Waals surface area contributed by atoms with Crippen molar-refractivity contribution in [1.82, 2.24) is 9.13 Å². The van der Waals surface area contributed by atoms with E-state index in [2.05, 4.69) is 0 Å². The third-order valence-corrected chi connectivity index (χ3v) is 5.43. The van der Waals surface area contributed by atoms with E-state index in [-0.39, 0.29) is 32.9 Å². The third-order valence-electron chi connectivity index (χ3n) is 5.43. The average molecular weight is 454 g/mol. The summed E-state index contributed by atoms with van der Waals surface area (Å²) in [7, 11) is 0. The highest BCUT2D eigenvalue weighted by Crippen LogP contribution is 2.29. The van der Waals surface area contributed by atoms with Gasteiger partial charge in [0, 0.05) is 0 Å². The first-order chi connectivity index (χ1) is 15.6. The van der Waals surface area contributed by atoms with Crippen LogP contribution in [0.25, 0.3) is 32.9 Å². The van der Waals surface area contributed by atoms with Gasteiger partial charge in [-0.05, 0) is 60.7 Å². The summed E-state index contributed by atoms with van der Waals surface area (Å²) in [5.41, 5.74) is -4.09. The van der Waals surface area contributed by atoms with E-state index in [1.54, 1.807) is 0 Å². The highest BCUT2D eigenvalue weighted by molar-refractivity contribution is 5.98. The van der Waals surface area contributed by atoms with Crippen LogP contribution in [0.3, 0.4) is 0 Å². The van der Waals surface area contributed by atoms with Gasteiger partial charge < -0.3 is 0 Å². The lowest BCUT2D eigenvalue weighted by molar-refractivity contribution is -0.137. The van der Waals surface area contributed by atoms with Crippen molar-refractivity contribution < 1.29 is 17.6 Å². The van der Waals surface area contributed by atoms with E-state index in [4.69, 9.17) is 0 Å². The van der Waals surface area contributed by atoms with Crippen molar-refractivity contribution in [2.45, 2.75) is 6.18 Å². The Morgan fingerprint density at radius 1 is 0.545 bits per heavy atom. The van der Waals surface area contributed by atoms with Gasteiger partial charge in [-0.25, -0.2) is 13.5 Å². The molecule has 0 fully saturated rings. The molecule has 2 aromatic heterocycles. The molecule has 0 N–H and O–H groups in total. The van der Waals surface area contributed by atoms with E-state index >= 15 is 0 Å². The van der Waals surface area contributed by atoms with Gasteiger partial charge in [-0.1, -0.05) is 0 Å². The van der Waals surface area contributed by atoms with Crippen LogP contribution in [-0.2, 0) is 6.18 Å². The van der Waals surface area contributed by atoms with Crippen LogP contribution in [0.4, 0.5) is 17.6 Å². The van der Waals surface area contributed by atoms with Crippen LogP contribution in [0.15, 0.2) is 79.8 Å². The summed E-state index contributed by atoms with van der Waals surface area (Å²) in [5, 5.41) is -0.529. The second-order valence-electron chi connectivity index (χ2n) is 7.36. The molecule has 0 atom stereocenters. The minimum atomic E-state index is -4.58. The van der Waals surface area contributed by atoms with Gasteiger partial charge in [0.1, 0.15) is 5.82 Å². The summed E-state index contributed by atoms with van der Waals surface area (Å²) in [5.74, 6) is -0.561. The number of aromatic nitrogens is 2. The lowest BCUT2D eigenvalue weighted by atomic mass is 10.1. The Morgan fingerprint density at radius 3 is 1.21 bits per heavy atom. The van der Waals surface area contributed by atoms with E-state index in [0.717, 1.165) is 53.1 Å². The van der Waals surface area contributed by atoms with E-state index in [0.29, 0.717) is 4.57 Å². The van der Waals surface area contributed by atoms with Crippen LogP contribution in [0.5, 0.6) is 0 Å². The monoisotopic (exact) mass is 454 g/mol. The zero-order chi connectivity index (χ0) is 23.7. The summed E-state index contributed by atoms with van der Waals surface area (Å²) in [4.78, 5) is 51.5. The van der Waals surface area contributed by atoms with Crippen LogP contribution in [0.1, 0.15) is 5.56 Å². The number of fused-ring (bicyclic) bond motifs is 2. The smallest absolute Gasteiger partial charge is 0.268 e. The molecule has 2 heterocycles. The second kappa shape index (κ2) is 6.83. The quantitative estimate of drug-likeness (QED) is 0.384. The molecule has 0 saturated heterocycles. The molecular weight excluding hydrogens is 444 g/mol. The molecule has 5 aromatic rings. The van der Waals surface area contributed by atoms with E-state index < -0.39 is 39.8 Å². The topological polar surface area (TPSA) is 78.1 Å². The van der Waals surface area contributed by atoms with Crippen molar-refractivity contribution in [2.75, 3.05) is 0 Å². The highest BCUT2D eigenvalue weighted by atomic mass is 19.4. The van der Waals surface area contributed by atoms with Gasteiger partial charge in [-0.2, -0.15) is 13.2 Å². The molecule has 6 nitrogen and oxygen atoms in total. The predicted molar refractivity (Wildman–Crippen MR) is 113 cm³/mol. The molecule has 0 bridgehead atoms. The van der Waals surface area contributed by atoms with Crippen molar-refractivity contribution in [1.29, 1.82) is 0 Å². The van der Waals surface area contributed by atoms with Crippen LogP contribution < -0.4 is 22.2 Å². The second-order valence-corrected chi connectivity index (χ2v) is 7.36. The van der Waals surface area contributed by atoms with E-state index in [9.17, 15) is 36.7 Å². The van der Waals surface area contributed by atoms with Gasteiger partial charge in [0.2, 0.25) is 0 Å². The zero-order valence-electron chi connectivity index (χ0n) is 16.3. The van der Waals surface area contributed by atoms with Gasteiger partial charge in [0.25, 0.3) is 22.2 Å². The van der Waals surface area contributed by atoms with Crippen LogP contribution in [0.2, 0.25) is 0 Å². The lowest BCUT2D eigenvalue weighted by Crippen LogP contribution is -2.24. The molecule has 10 heteroatoms. The first kappa shape index (κ1) is 20.6. The van der Waals surface area contributed by atoms with Crippen molar-refractivity contribution in [3.63, 3.8) is 0 Å². The molecule has 3 aromatic carbocycles. The summed E-state index contributed by atoms with van der Waals surface area (Å²) >= 11 is 0. The maximum absolute atomic E-state index is 13.2. The molecule has 0 spiro atoms. The largest absolute Gasteiger partial charge is 0.416 e. The van der Waals surface area contributed by atoms with Crippen LogP contribution in [0, 0.1) is 5.82 Å². The number of nitrogens with zero attached hydrogens (tertiary/aromatic N) is 2. The standard InChI is InChI=1S/C23H10F4N2O4/c24-12-3-7-14(8-4-12)29-21(32)17-9-15-16(10-18(17)22(29)33)20(31)28(19(15)30)13-5-1-11(2-6-13)23(25,26)27/h1-10H. The molecule has 0 radical (unpaired) electrons. The minimum Gasteiger partial charge on any atom is -0.268 e. The Hall–Kier alpha value is -4.34. The highest BCUT2D eigenvalue weighted by Gasteiger charge is 2.30. The molecule has 0 saturated carbocycles. The van der Waals surface area contributed by atoms with Crippen molar-refractivity contribution in [3.05, 3.63) is 113 Å². The molecule has 0 aliphatic rings. The molecular formula is C23H10F4N2O4. The summed E-state index contributed by atoms with van der Waals surface area (Å²) < 4.78 is 53.1. The Morgan fingerprint density at radius 2 is 0.879 bits per heavy atom. The Balaban J connectivity index is 1.75. The number of hydrogen-bond acceptors (Lipinski definition) is 4. The third kappa shape index (κ3) is 3.02. The molecule has 0 aliphatic carbocycles. The number of alkyl halides is 3. The van der Waals surface area contributed by atoms with Crippen molar-refractivity contribution >= 4 is 21.5 Å². The number of hydrogen-bond donors (Lipinski definition) is 0. The Bertz CT molecular complexity index is 1690. The Labute approximate surface area is 179 Å². The number of rotatable bonds is 2. The SMILES string of the molecule is O=c1c2cc3c(=O)n(-c4ccc(C(F)(F)F)cc4)c(=O)c3cc2c(=O)n1-c1ccc(F)cc1. The fourth-order valence-electron chi connectivity index (χ4n) is 3.83. The number of halogens is 4. The lowest BCUT2D eigenvalue weighted by Gasteiger charge is -2.07. The zero-order valence-corrected chi connectivity index (χ0v) is 16.3. The molecule has 0 unspecified atom stereocenters. The summed E-state index contributed by atoms with van der Waals surface area (Å²) in [6, 6.07) is 10.4. The maximum Gasteiger partial charge on any atom is 0.416 e. The number of benzene rings is 3.